The second-order valence-electron chi connectivity index (χ2n) is 8.04. The summed E-state index contributed by atoms with van der Waals surface area (Å²) in [5.74, 6) is -0.470. The molecule has 0 saturated carbocycles. The monoisotopic (exact) mass is 536 g/mol. The van der Waals surface area contributed by atoms with Gasteiger partial charge in [-0.1, -0.05) is 22.9 Å². The number of sulfonamides is 1. The predicted octanol–water partition coefficient (Wildman–Crippen LogP) is 3.41. The van der Waals surface area contributed by atoms with Gasteiger partial charge >= 0.3 is 6.09 Å². The van der Waals surface area contributed by atoms with Crippen LogP contribution in [0.5, 0.6) is 0 Å². The molecule has 2 aromatic carbocycles. The third-order valence-corrected chi connectivity index (χ3v) is 8.96. The van der Waals surface area contributed by atoms with Crippen LogP contribution in [-0.2, 0) is 21.8 Å². The van der Waals surface area contributed by atoms with Crippen LogP contribution in [0.3, 0.4) is 0 Å². The highest BCUT2D eigenvalue weighted by Gasteiger charge is 2.30. The number of carbonyl (C=O) groups excluding carboxylic acids is 2. The number of aromatic nitrogens is 1. The topological polar surface area (TPSA) is 101 Å². The van der Waals surface area contributed by atoms with Crippen molar-refractivity contribution in [2.24, 2.45) is 12.0 Å². The van der Waals surface area contributed by atoms with Gasteiger partial charge in [0.05, 0.1) is 21.7 Å². The molecular formula is C23H25ClN4O5S2. The Kier molecular flexibility index (Phi) is 7.32. The molecule has 0 atom stereocenters. The van der Waals surface area contributed by atoms with Crippen LogP contribution in [0.1, 0.15) is 22.8 Å². The smallest absolute Gasteiger partial charge is 0.409 e. The fourth-order valence-corrected chi connectivity index (χ4v) is 6.86. The molecule has 2 heterocycles. The lowest BCUT2D eigenvalue weighted by molar-refractivity contribution is 0.0933. The van der Waals surface area contributed by atoms with E-state index in [2.05, 4.69) is 4.99 Å². The Morgan fingerprint density at radius 3 is 2.40 bits per heavy atom. The van der Waals surface area contributed by atoms with Crippen molar-refractivity contribution in [1.29, 1.82) is 0 Å². The third-order valence-electron chi connectivity index (χ3n) is 5.75. The van der Waals surface area contributed by atoms with E-state index in [0.29, 0.717) is 9.82 Å². The minimum atomic E-state index is -3.76. The summed E-state index contributed by atoms with van der Waals surface area (Å²) in [5.41, 5.74) is 2.22. The molecule has 186 valence electrons. The number of rotatable bonds is 4. The third kappa shape index (κ3) is 5.13. The standard InChI is InChI=1S/C23H25ClN4O5S2/c1-4-33-23(30)27-9-11-28(12-10-27)35(31,32)18-7-5-16(6-8-18)21(29)25-22-26(3)20-15(2)13-17(24)14-19(20)34-22/h5-8,13-14H,4,9-12H2,1-3H3. The van der Waals surface area contributed by atoms with E-state index in [1.54, 1.807) is 6.92 Å². The van der Waals surface area contributed by atoms with Gasteiger partial charge in [-0.25, -0.2) is 13.2 Å². The normalized spacial score (nSPS) is 15.5. The summed E-state index contributed by atoms with van der Waals surface area (Å²) < 4.78 is 35.1. The number of piperazine rings is 1. The van der Waals surface area contributed by atoms with Crippen molar-refractivity contribution in [3.63, 3.8) is 0 Å². The number of benzene rings is 2. The SMILES string of the molecule is CCOC(=O)N1CCN(S(=O)(=O)c2ccc(C(=O)N=c3sc4cc(Cl)cc(C)c4n3C)cc2)CC1. The molecule has 1 aliphatic heterocycles. The number of fused-ring (bicyclic) bond motifs is 1. The van der Waals surface area contributed by atoms with E-state index >= 15 is 0 Å². The number of hydrogen-bond acceptors (Lipinski definition) is 6. The van der Waals surface area contributed by atoms with Gasteiger partial charge in [-0.05, 0) is 55.8 Å². The lowest BCUT2D eigenvalue weighted by Gasteiger charge is -2.33. The van der Waals surface area contributed by atoms with E-state index in [1.165, 1.54) is 44.8 Å². The maximum absolute atomic E-state index is 13.0. The van der Waals surface area contributed by atoms with E-state index in [1.807, 2.05) is 30.7 Å². The molecule has 12 heteroatoms. The molecule has 1 fully saturated rings. The maximum Gasteiger partial charge on any atom is 0.409 e. The largest absolute Gasteiger partial charge is 0.450 e. The van der Waals surface area contributed by atoms with Crippen LogP contribution >= 0.6 is 22.9 Å². The molecule has 0 radical (unpaired) electrons. The number of ether oxygens (including phenoxy) is 1. The Morgan fingerprint density at radius 1 is 1.11 bits per heavy atom. The van der Waals surface area contributed by atoms with Gasteiger partial charge in [-0.3, -0.25) is 4.79 Å². The fourth-order valence-electron chi connectivity index (χ4n) is 3.97. The lowest BCUT2D eigenvalue weighted by Crippen LogP contribution is -2.50. The van der Waals surface area contributed by atoms with Crippen molar-refractivity contribution in [3.8, 4) is 0 Å². The molecule has 1 aromatic heterocycles. The first-order valence-electron chi connectivity index (χ1n) is 11.0. The zero-order valence-electron chi connectivity index (χ0n) is 19.5. The van der Waals surface area contributed by atoms with Crippen molar-refractivity contribution in [3.05, 3.63) is 57.3 Å². The summed E-state index contributed by atoms with van der Waals surface area (Å²) in [6.07, 6.45) is -0.443. The van der Waals surface area contributed by atoms with Gasteiger partial charge < -0.3 is 14.2 Å². The van der Waals surface area contributed by atoms with Gasteiger partial charge in [-0.15, -0.1) is 0 Å². The van der Waals surface area contributed by atoms with Gasteiger partial charge in [0, 0.05) is 43.8 Å². The maximum atomic E-state index is 13.0. The van der Waals surface area contributed by atoms with Crippen LogP contribution in [0.2, 0.25) is 5.02 Å². The van der Waals surface area contributed by atoms with Gasteiger partial charge in [0.15, 0.2) is 4.80 Å². The van der Waals surface area contributed by atoms with E-state index in [4.69, 9.17) is 16.3 Å². The van der Waals surface area contributed by atoms with Crippen LogP contribution in [0, 0.1) is 6.92 Å². The molecule has 0 bridgehead atoms. The Hall–Kier alpha value is -2.73. The molecule has 0 unspecified atom stereocenters. The van der Waals surface area contributed by atoms with Crippen LogP contribution in [0.15, 0.2) is 46.3 Å². The summed E-state index contributed by atoms with van der Waals surface area (Å²) in [4.78, 5) is 31.0. The lowest BCUT2D eigenvalue weighted by atomic mass is 10.2. The van der Waals surface area contributed by atoms with E-state index in [9.17, 15) is 18.0 Å². The first-order chi connectivity index (χ1) is 16.6. The second-order valence-corrected chi connectivity index (χ2v) is 11.4. The Bertz CT molecular complexity index is 1450. The zero-order chi connectivity index (χ0) is 25.3. The Labute approximate surface area is 212 Å². The molecular weight excluding hydrogens is 512 g/mol. The van der Waals surface area contributed by atoms with Crippen LogP contribution in [0.25, 0.3) is 10.2 Å². The number of aryl methyl sites for hydroxylation is 2. The molecule has 3 aromatic rings. The van der Waals surface area contributed by atoms with E-state index in [0.717, 1.165) is 15.8 Å². The quantitative estimate of drug-likeness (QED) is 0.508. The van der Waals surface area contributed by atoms with E-state index in [-0.39, 0.29) is 43.2 Å². The first-order valence-corrected chi connectivity index (χ1v) is 13.6. The highest BCUT2D eigenvalue weighted by molar-refractivity contribution is 7.89. The highest BCUT2D eigenvalue weighted by Crippen LogP contribution is 2.25. The van der Waals surface area contributed by atoms with E-state index < -0.39 is 22.0 Å². The summed E-state index contributed by atoms with van der Waals surface area (Å²) in [6, 6.07) is 9.43. The van der Waals surface area contributed by atoms with Crippen molar-refractivity contribution >= 4 is 55.2 Å². The number of thiazole rings is 1. The predicted molar refractivity (Wildman–Crippen MR) is 134 cm³/mol. The Balaban J connectivity index is 1.52. The summed E-state index contributed by atoms with van der Waals surface area (Å²) in [7, 11) is -1.92. The number of nitrogens with zero attached hydrogens (tertiary/aromatic N) is 4. The fraction of sp³-hybridized carbons (Fsp3) is 0.348. The second kappa shape index (κ2) is 10.1. The molecule has 2 amide bonds. The molecule has 0 N–H and O–H groups in total. The number of carbonyl (C=O) groups is 2. The minimum Gasteiger partial charge on any atom is -0.450 e. The minimum absolute atomic E-state index is 0.0799. The number of halogens is 1. The first kappa shape index (κ1) is 25.4. The molecule has 4 rings (SSSR count). The van der Waals surface area contributed by atoms with Gasteiger partial charge in [0.25, 0.3) is 5.91 Å². The average Bonchev–Trinajstić information content (AvgIpc) is 3.14. The number of amides is 2. The van der Waals surface area contributed by atoms with Crippen LogP contribution in [-0.4, -0.2) is 67.0 Å². The summed E-state index contributed by atoms with van der Waals surface area (Å²) >= 11 is 7.51. The van der Waals surface area contributed by atoms with Crippen molar-refractivity contribution in [2.75, 3.05) is 32.8 Å². The zero-order valence-corrected chi connectivity index (χ0v) is 21.9. The average molecular weight is 537 g/mol. The van der Waals surface area contributed by atoms with Gasteiger partial charge in [-0.2, -0.15) is 9.30 Å². The molecule has 35 heavy (non-hydrogen) atoms. The molecule has 0 spiro atoms. The van der Waals surface area contributed by atoms with Crippen molar-refractivity contribution < 1.29 is 22.7 Å². The molecule has 9 nitrogen and oxygen atoms in total. The van der Waals surface area contributed by atoms with Crippen molar-refractivity contribution in [2.45, 2.75) is 18.7 Å². The Morgan fingerprint density at radius 2 is 1.77 bits per heavy atom. The summed E-state index contributed by atoms with van der Waals surface area (Å²) in [5, 5.41) is 0.619. The molecule has 1 saturated heterocycles. The van der Waals surface area contributed by atoms with Crippen LogP contribution < -0.4 is 4.80 Å². The van der Waals surface area contributed by atoms with Crippen LogP contribution in [0.4, 0.5) is 4.79 Å². The van der Waals surface area contributed by atoms with Crippen molar-refractivity contribution in [1.82, 2.24) is 13.8 Å². The highest BCUT2D eigenvalue weighted by atomic mass is 35.5. The molecule has 0 aliphatic carbocycles. The number of hydrogen-bond donors (Lipinski definition) is 0. The van der Waals surface area contributed by atoms with Gasteiger partial charge in [0.2, 0.25) is 10.0 Å². The van der Waals surface area contributed by atoms with Gasteiger partial charge in [0.1, 0.15) is 0 Å². The molecule has 1 aliphatic rings. The summed E-state index contributed by atoms with van der Waals surface area (Å²) in [6.45, 7) is 4.78.